The van der Waals surface area contributed by atoms with Gasteiger partial charge >= 0.3 is 0 Å². The van der Waals surface area contributed by atoms with Crippen molar-refractivity contribution in [2.24, 2.45) is 0 Å². The van der Waals surface area contributed by atoms with Gasteiger partial charge in [0.2, 0.25) is 5.91 Å². The van der Waals surface area contributed by atoms with Gasteiger partial charge in [-0.1, -0.05) is 36.4 Å². The van der Waals surface area contributed by atoms with Gasteiger partial charge in [0.05, 0.1) is 26.7 Å². The molecule has 0 aliphatic carbocycles. The lowest BCUT2D eigenvalue weighted by molar-refractivity contribution is -0.120. The molecule has 124 valence electrons. The van der Waals surface area contributed by atoms with E-state index in [1.54, 1.807) is 32.4 Å². The average molecular weight is 324 g/mol. The van der Waals surface area contributed by atoms with Crippen LogP contribution >= 0.6 is 0 Å². The Balaban J connectivity index is 2.06. The first-order valence-corrected chi connectivity index (χ1v) is 7.60. The summed E-state index contributed by atoms with van der Waals surface area (Å²) in [4.78, 5) is 12.3. The number of ether oxygens (including phenoxy) is 2. The third-order valence-electron chi connectivity index (χ3n) is 3.64. The van der Waals surface area contributed by atoms with Gasteiger partial charge < -0.3 is 14.8 Å². The number of nitriles is 1. The van der Waals surface area contributed by atoms with E-state index in [1.807, 2.05) is 30.3 Å². The summed E-state index contributed by atoms with van der Waals surface area (Å²) in [6, 6.07) is 16.5. The second kappa shape index (κ2) is 8.59. The minimum Gasteiger partial charge on any atom is -0.496 e. The van der Waals surface area contributed by atoms with E-state index in [9.17, 15) is 10.1 Å². The summed E-state index contributed by atoms with van der Waals surface area (Å²) >= 11 is 0. The summed E-state index contributed by atoms with van der Waals surface area (Å²) < 4.78 is 10.6. The topological polar surface area (TPSA) is 71.3 Å². The Morgan fingerprint density at radius 1 is 1.08 bits per heavy atom. The van der Waals surface area contributed by atoms with Gasteiger partial charge in [0.25, 0.3) is 0 Å². The maximum Gasteiger partial charge on any atom is 0.225 e. The summed E-state index contributed by atoms with van der Waals surface area (Å²) in [6.45, 7) is 0. The van der Waals surface area contributed by atoms with Crippen LogP contribution in [0.25, 0.3) is 0 Å². The standard InChI is InChI=1S/C19H20N2O3/c1-23-17-9-6-10-18(24-2)16(17)12-19(22)21-15(13-20)11-14-7-4-3-5-8-14/h3-10,15H,11-12H2,1-2H3,(H,21,22)/t15-/m1/s1. The molecular formula is C19H20N2O3. The Labute approximate surface area is 141 Å². The van der Waals surface area contributed by atoms with Crippen molar-refractivity contribution in [2.45, 2.75) is 18.9 Å². The molecule has 0 aliphatic heterocycles. The van der Waals surface area contributed by atoms with E-state index in [2.05, 4.69) is 11.4 Å². The summed E-state index contributed by atoms with van der Waals surface area (Å²) in [7, 11) is 3.09. The molecule has 1 N–H and O–H groups in total. The molecule has 5 nitrogen and oxygen atoms in total. The summed E-state index contributed by atoms with van der Waals surface area (Å²) in [5.74, 6) is 0.919. The van der Waals surface area contributed by atoms with Crippen molar-refractivity contribution < 1.29 is 14.3 Å². The summed E-state index contributed by atoms with van der Waals surface area (Å²) in [5.41, 5.74) is 1.66. The molecule has 2 rings (SSSR count). The van der Waals surface area contributed by atoms with E-state index in [-0.39, 0.29) is 12.3 Å². The fourth-order valence-electron chi connectivity index (χ4n) is 2.49. The molecule has 0 aromatic heterocycles. The number of benzene rings is 2. The lowest BCUT2D eigenvalue weighted by atomic mass is 10.1. The molecule has 0 heterocycles. The molecule has 0 unspecified atom stereocenters. The Hall–Kier alpha value is -3.00. The Bertz CT molecular complexity index is 701. The number of amides is 1. The van der Waals surface area contributed by atoms with Gasteiger partial charge in [0.1, 0.15) is 17.5 Å². The van der Waals surface area contributed by atoms with Gasteiger partial charge in [-0.25, -0.2) is 0 Å². The van der Waals surface area contributed by atoms with Crippen LogP contribution < -0.4 is 14.8 Å². The SMILES string of the molecule is COc1cccc(OC)c1CC(=O)N[C@@H](C#N)Cc1ccccc1. The van der Waals surface area contributed by atoms with Gasteiger partial charge in [0.15, 0.2) is 0 Å². The maximum atomic E-state index is 12.3. The highest BCUT2D eigenvalue weighted by Gasteiger charge is 2.17. The first-order valence-electron chi connectivity index (χ1n) is 7.60. The van der Waals surface area contributed by atoms with Crippen LogP contribution in [0.4, 0.5) is 0 Å². The average Bonchev–Trinajstić information content (AvgIpc) is 2.62. The smallest absolute Gasteiger partial charge is 0.225 e. The van der Waals surface area contributed by atoms with Crippen molar-refractivity contribution in [1.82, 2.24) is 5.32 Å². The predicted octanol–water partition coefficient (Wildman–Crippen LogP) is 2.50. The Morgan fingerprint density at radius 3 is 2.25 bits per heavy atom. The number of hydrogen-bond donors (Lipinski definition) is 1. The van der Waals surface area contributed by atoms with Crippen LogP contribution in [0.3, 0.4) is 0 Å². The number of carbonyl (C=O) groups is 1. The Morgan fingerprint density at radius 2 is 1.71 bits per heavy atom. The molecule has 2 aromatic carbocycles. The third kappa shape index (κ3) is 4.50. The zero-order chi connectivity index (χ0) is 17.4. The van der Waals surface area contributed by atoms with E-state index >= 15 is 0 Å². The molecule has 0 fully saturated rings. The second-order valence-electron chi connectivity index (χ2n) is 5.26. The van der Waals surface area contributed by atoms with Crippen LogP contribution in [0.2, 0.25) is 0 Å². The number of methoxy groups -OCH3 is 2. The first kappa shape index (κ1) is 17.4. The highest BCUT2D eigenvalue weighted by Crippen LogP contribution is 2.28. The monoisotopic (exact) mass is 324 g/mol. The van der Waals surface area contributed by atoms with Crippen LogP contribution in [-0.4, -0.2) is 26.2 Å². The third-order valence-corrected chi connectivity index (χ3v) is 3.64. The summed E-state index contributed by atoms with van der Waals surface area (Å²) in [6.07, 6.45) is 0.548. The minimum atomic E-state index is -0.583. The number of rotatable bonds is 7. The molecule has 24 heavy (non-hydrogen) atoms. The highest BCUT2D eigenvalue weighted by molar-refractivity contribution is 5.81. The van der Waals surface area contributed by atoms with Crippen molar-refractivity contribution in [3.63, 3.8) is 0 Å². The molecule has 0 spiro atoms. The number of carbonyl (C=O) groups excluding carboxylic acids is 1. The van der Waals surface area contributed by atoms with Crippen LogP contribution in [0.5, 0.6) is 11.5 Å². The summed E-state index contributed by atoms with van der Waals surface area (Å²) in [5, 5.41) is 12.0. The van der Waals surface area contributed by atoms with Gasteiger partial charge in [-0.3, -0.25) is 4.79 Å². The van der Waals surface area contributed by atoms with Crippen molar-refractivity contribution in [3.05, 3.63) is 59.7 Å². The van der Waals surface area contributed by atoms with E-state index < -0.39 is 6.04 Å². The number of nitrogens with one attached hydrogen (secondary N) is 1. The van der Waals surface area contributed by atoms with Gasteiger partial charge in [-0.2, -0.15) is 5.26 Å². The first-order chi connectivity index (χ1) is 11.7. The lowest BCUT2D eigenvalue weighted by Gasteiger charge is -2.15. The predicted molar refractivity (Wildman–Crippen MR) is 90.9 cm³/mol. The molecule has 2 aromatic rings. The lowest BCUT2D eigenvalue weighted by Crippen LogP contribution is -2.36. The molecule has 1 atom stereocenters. The molecule has 1 amide bonds. The number of hydrogen-bond acceptors (Lipinski definition) is 4. The highest BCUT2D eigenvalue weighted by atomic mass is 16.5. The quantitative estimate of drug-likeness (QED) is 0.849. The van der Waals surface area contributed by atoms with E-state index in [1.165, 1.54) is 0 Å². The fraction of sp³-hybridized carbons (Fsp3) is 0.263. The second-order valence-corrected chi connectivity index (χ2v) is 5.26. The zero-order valence-corrected chi connectivity index (χ0v) is 13.8. The molecule has 0 saturated carbocycles. The van der Waals surface area contributed by atoms with Gasteiger partial charge in [-0.15, -0.1) is 0 Å². The van der Waals surface area contributed by atoms with Crippen molar-refractivity contribution >= 4 is 5.91 Å². The van der Waals surface area contributed by atoms with E-state index in [4.69, 9.17) is 9.47 Å². The fourth-order valence-corrected chi connectivity index (χ4v) is 2.49. The minimum absolute atomic E-state index is 0.0835. The normalized spacial score (nSPS) is 11.2. The largest absolute Gasteiger partial charge is 0.496 e. The molecule has 0 radical (unpaired) electrons. The molecule has 0 aliphatic rings. The van der Waals surface area contributed by atoms with E-state index in [0.29, 0.717) is 23.5 Å². The van der Waals surface area contributed by atoms with Crippen molar-refractivity contribution in [3.8, 4) is 17.6 Å². The maximum absolute atomic E-state index is 12.3. The van der Waals surface area contributed by atoms with Crippen molar-refractivity contribution in [2.75, 3.05) is 14.2 Å². The molecule has 0 bridgehead atoms. The van der Waals surface area contributed by atoms with Crippen LogP contribution in [0, 0.1) is 11.3 Å². The van der Waals surface area contributed by atoms with Gasteiger partial charge in [-0.05, 0) is 17.7 Å². The molecular weight excluding hydrogens is 304 g/mol. The van der Waals surface area contributed by atoms with Crippen LogP contribution in [0.15, 0.2) is 48.5 Å². The van der Waals surface area contributed by atoms with Crippen molar-refractivity contribution in [1.29, 1.82) is 5.26 Å². The number of nitrogens with zero attached hydrogens (tertiary/aromatic N) is 1. The van der Waals surface area contributed by atoms with Crippen LogP contribution in [-0.2, 0) is 17.6 Å². The molecule has 0 saturated heterocycles. The van der Waals surface area contributed by atoms with E-state index in [0.717, 1.165) is 5.56 Å². The van der Waals surface area contributed by atoms with Crippen LogP contribution in [0.1, 0.15) is 11.1 Å². The van der Waals surface area contributed by atoms with Gasteiger partial charge in [0, 0.05) is 12.0 Å². The zero-order valence-electron chi connectivity index (χ0n) is 13.8. The Kier molecular flexibility index (Phi) is 6.21. The molecule has 5 heteroatoms.